The molecule has 0 aromatic heterocycles. The van der Waals surface area contributed by atoms with Crippen LogP contribution in [0.2, 0.25) is 0 Å². The van der Waals surface area contributed by atoms with E-state index in [-0.39, 0.29) is 29.3 Å². The summed E-state index contributed by atoms with van der Waals surface area (Å²) in [6.45, 7) is 4.87. The Morgan fingerprint density at radius 3 is 2.56 bits per heavy atom. The fourth-order valence-electron chi connectivity index (χ4n) is 8.56. The van der Waals surface area contributed by atoms with E-state index < -0.39 is 58.0 Å². The molecule has 0 radical (unpaired) electrons. The average molecular weight is 567 g/mol. The van der Waals surface area contributed by atoms with Crippen molar-refractivity contribution in [2.45, 2.75) is 50.3 Å². The molecular weight excluding hydrogens is 528 g/mol. The standard InChI is InChI=1S/C30H38N4O7/c1-5-7-34-8-6-13-12-33(4)23-15-9-14-10-17-24(32(2)3)26(37)21(29(31)40)28(39)30(17,41)27(38)19(14)25(36)20(15)18(35)11-16(23)22(13)34/h11,13-14,17,22,24,35,37-38,41H,5-10,12H2,1-4H3,(H2,31,40)/t13?,14-,17+,22?,24+,30-/m0/s1. The number of hydrogen-bond donors (Lipinski definition) is 5. The van der Waals surface area contributed by atoms with Gasteiger partial charge in [-0.2, -0.15) is 0 Å². The molecule has 1 fully saturated rings. The molecule has 11 heteroatoms. The van der Waals surface area contributed by atoms with Crippen LogP contribution in [0.15, 0.2) is 28.7 Å². The van der Waals surface area contributed by atoms with Gasteiger partial charge in [0.25, 0.3) is 5.91 Å². The molecule has 5 aliphatic rings. The smallest absolute Gasteiger partial charge is 0.255 e. The molecule has 2 unspecified atom stereocenters. The first-order valence-corrected chi connectivity index (χ1v) is 14.3. The Morgan fingerprint density at radius 2 is 1.93 bits per heavy atom. The number of nitrogens with two attached hydrogens (primary N) is 1. The van der Waals surface area contributed by atoms with Crippen molar-refractivity contribution < 1.29 is 34.8 Å². The number of likely N-dealkylation sites (N-methyl/N-ethyl adjacent to an activating group) is 1. The minimum absolute atomic E-state index is 0.0647. The summed E-state index contributed by atoms with van der Waals surface area (Å²) in [6, 6.07) is 0.798. The highest BCUT2D eigenvalue weighted by Crippen LogP contribution is 2.56. The molecule has 3 aliphatic carbocycles. The van der Waals surface area contributed by atoms with Crippen LogP contribution >= 0.6 is 0 Å². The molecule has 6 rings (SSSR count). The van der Waals surface area contributed by atoms with Crippen LogP contribution in [-0.4, -0.2) is 100 Å². The summed E-state index contributed by atoms with van der Waals surface area (Å²) >= 11 is 0. The maximum absolute atomic E-state index is 14.1. The Balaban J connectivity index is 1.53. The topological polar surface area (TPSA) is 168 Å². The van der Waals surface area contributed by atoms with E-state index >= 15 is 0 Å². The molecule has 1 saturated heterocycles. The molecule has 1 amide bonds. The van der Waals surface area contributed by atoms with E-state index in [1.165, 1.54) is 0 Å². The SMILES string of the molecule is CCCN1CCC2CN(C)c3c(cc(O)c4c3C[C@H]3C[C@@H]5[C@@H](N(C)C)C(O)=C(C(N)=O)C(=O)[C@@]5(O)C(O)=C3C4=O)C21. The maximum Gasteiger partial charge on any atom is 0.255 e. The molecule has 6 atom stereocenters. The fraction of sp³-hybridized carbons (Fsp3) is 0.567. The molecule has 6 N–H and O–H groups in total. The number of fused-ring (bicyclic) bond motifs is 7. The van der Waals surface area contributed by atoms with Crippen LogP contribution < -0.4 is 10.6 Å². The number of aliphatic hydroxyl groups excluding tert-OH is 2. The van der Waals surface area contributed by atoms with Crippen LogP contribution in [0.25, 0.3) is 0 Å². The Kier molecular flexibility index (Phi) is 6.29. The molecule has 0 saturated carbocycles. The number of phenolic OH excluding ortho intramolecular Hbond substituents is 1. The summed E-state index contributed by atoms with van der Waals surface area (Å²) in [5.41, 5.74) is 4.50. The summed E-state index contributed by atoms with van der Waals surface area (Å²) in [4.78, 5) is 45.9. The van der Waals surface area contributed by atoms with Gasteiger partial charge >= 0.3 is 0 Å². The van der Waals surface area contributed by atoms with E-state index in [1.807, 2.05) is 7.05 Å². The van der Waals surface area contributed by atoms with E-state index in [0.717, 1.165) is 43.7 Å². The van der Waals surface area contributed by atoms with E-state index in [9.17, 15) is 34.8 Å². The number of nitrogens with zero attached hydrogens (tertiary/aromatic N) is 3. The van der Waals surface area contributed by atoms with Crippen molar-refractivity contribution in [1.82, 2.24) is 9.80 Å². The Bertz CT molecular complexity index is 1450. The summed E-state index contributed by atoms with van der Waals surface area (Å²) in [7, 11) is 5.24. The maximum atomic E-state index is 14.1. The number of anilines is 1. The van der Waals surface area contributed by atoms with Crippen molar-refractivity contribution >= 4 is 23.2 Å². The minimum Gasteiger partial charge on any atom is -0.510 e. The van der Waals surface area contributed by atoms with Crippen molar-refractivity contribution in [2.24, 2.45) is 23.5 Å². The lowest BCUT2D eigenvalue weighted by molar-refractivity contribution is -0.148. The molecule has 0 spiro atoms. The highest BCUT2D eigenvalue weighted by molar-refractivity contribution is 6.25. The van der Waals surface area contributed by atoms with Gasteiger partial charge in [0.05, 0.1) is 11.6 Å². The minimum atomic E-state index is -2.64. The highest BCUT2D eigenvalue weighted by Gasteiger charge is 2.63. The number of allylic oxidation sites excluding steroid dienone is 1. The number of likely N-dealkylation sites (tertiary alicyclic amines) is 1. The summed E-state index contributed by atoms with van der Waals surface area (Å²) in [5.74, 6) is -5.94. The van der Waals surface area contributed by atoms with Crippen LogP contribution in [0.4, 0.5) is 5.69 Å². The third-order valence-corrected chi connectivity index (χ3v) is 10.1. The van der Waals surface area contributed by atoms with Crippen molar-refractivity contribution in [1.29, 1.82) is 0 Å². The van der Waals surface area contributed by atoms with E-state index in [2.05, 4.69) is 16.7 Å². The zero-order valence-electron chi connectivity index (χ0n) is 23.8. The molecule has 220 valence electrons. The Morgan fingerprint density at radius 1 is 1.22 bits per heavy atom. The third kappa shape index (κ3) is 3.58. The quantitative estimate of drug-likeness (QED) is 0.336. The molecule has 2 aliphatic heterocycles. The molecule has 1 aromatic rings. The number of Topliss-reactive ketones (excluding diaryl/α,β-unsaturated/α-hetero) is 2. The van der Waals surface area contributed by atoms with Gasteiger partial charge in [-0.15, -0.1) is 0 Å². The molecule has 1 aromatic carbocycles. The molecule has 41 heavy (non-hydrogen) atoms. The van der Waals surface area contributed by atoms with Crippen LogP contribution in [0.1, 0.15) is 53.7 Å². The lowest BCUT2D eigenvalue weighted by atomic mass is 9.58. The van der Waals surface area contributed by atoms with E-state index in [4.69, 9.17) is 5.73 Å². The zero-order valence-corrected chi connectivity index (χ0v) is 23.8. The van der Waals surface area contributed by atoms with Crippen LogP contribution in [0, 0.1) is 17.8 Å². The Hall–Kier alpha value is -3.41. The van der Waals surface area contributed by atoms with Gasteiger partial charge in [-0.25, -0.2) is 0 Å². The van der Waals surface area contributed by atoms with Gasteiger partial charge in [-0.05, 0) is 81.9 Å². The van der Waals surface area contributed by atoms with Crippen molar-refractivity contribution in [2.75, 3.05) is 45.7 Å². The predicted octanol–water partition coefficient (Wildman–Crippen LogP) is 1.34. The number of carbonyl (C=O) groups excluding carboxylic acids is 3. The van der Waals surface area contributed by atoms with Crippen LogP contribution in [-0.2, 0) is 16.0 Å². The number of amides is 1. The third-order valence-electron chi connectivity index (χ3n) is 10.1. The van der Waals surface area contributed by atoms with Gasteiger partial charge in [0.1, 0.15) is 22.8 Å². The number of aliphatic hydroxyl groups is 3. The molecular formula is C30H38N4O7. The fourth-order valence-corrected chi connectivity index (χ4v) is 8.56. The van der Waals surface area contributed by atoms with E-state index in [1.54, 1.807) is 25.1 Å². The lowest BCUT2D eigenvalue weighted by Crippen LogP contribution is -2.63. The summed E-state index contributed by atoms with van der Waals surface area (Å²) in [6.07, 6.45) is 2.43. The first-order chi connectivity index (χ1) is 19.3. The summed E-state index contributed by atoms with van der Waals surface area (Å²) < 4.78 is 0. The van der Waals surface area contributed by atoms with Gasteiger partial charge in [0.15, 0.2) is 11.4 Å². The number of phenols is 1. The van der Waals surface area contributed by atoms with Crippen molar-refractivity contribution in [3.63, 3.8) is 0 Å². The number of benzene rings is 1. The first-order valence-electron chi connectivity index (χ1n) is 14.3. The monoisotopic (exact) mass is 566 g/mol. The number of carbonyl (C=O) groups is 3. The van der Waals surface area contributed by atoms with Gasteiger partial charge in [0, 0.05) is 36.8 Å². The second-order valence-corrected chi connectivity index (χ2v) is 12.6. The van der Waals surface area contributed by atoms with Crippen molar-refractivity contribution in [3.05, 3.63) is 45.4 Å². The normalized spacial score (nSPS) is 33.0. The van der Waals surface area contributed by atoms with Gasteiger partial charge in [-0.1, -0.05) is 6.92 Å². The second kappa shape index (κ2) is 9.30. The van der Waals surface area contributed by atoms with Crippen molar-refractivity contribution in [3.8, 4) is 5.75 Å². The largest absolute Gasteiger partial charge is 0.510 e. The highest BCUT2D eigenvalue weighted by atomic mass is 16.3. The molecule has 0 bridgehead atoms. The summed E-state index contributed by atoms with van der Waals surface area (Å²) in [5, 5.41) is 45.6. The van der Waals surface area contributed by atoms with Crippen LogP contribution in [0.5, 0.6) is 5.75 Å². The van der Waals surface area contributed by atoms with Gasteiger partial charge in [-0.3, -0.25) is 24.2 Å². The number of rotatable bonds is 4. The first kappa shape index (κ1) is 27.7. The average Bonchev–Trinajstić information content (AvgIpc) is 3.28. The number of aromatic hydroxyl groups is 1. The van der Waals surface area contributed by atoms with E-state index in [0.29, 0.717) is 17.9 Å². The number of ketones is 2. The Labute approximate surface area is 238 Å². The number of hydrogen-bond acceptors (Lipinski definition) is 10. The van der Waals surface area contributed by atoms with Crippen LogP contribution in [0.3, 0.4) is 0 Å². The molecule has 11 nitrogen and oxygen atoms in total. The predicted molar refractivity (Wildman–Crippen MR) is 150 cm³/mol. The van der Waals surface area contributed by atoms with Gasteiger partial charge < -0.3 is 31.1 Å². The lowest BCUT2D eigenvalue weighted by Gasteiger charge is -2.50. The second-order valence-electron chi connectivity index (χ2n) is 12.6. The van der Waals surface area contributed by atoms with Gasteiger partial charge in [0.2, 0.25) is 5.78 Å². The number of primary amides is 1. The molecule has 2 heterocycles. The zero-order chi connectivity index (χ0) is 29.7.